The van der Waals surface area contributed by atoms with Crippen LogP contribution in [0.25, 0.3) is 0 Å². The zero-order chi connectivity index (χ0) is 13.3. The fourth-order valence-electron chi connectivity index (χ4n) is 1.56. The van der Waals surface area contributed by atoms with Crippen molar-refractivity contribution < 1.29 is 13.2 Å². The van der Waals surface area contributed by atoms with E-state index in [-0.39, 0.29) is 5.69 Å². The van der Waals surface area contributed by atoms with Gasteiger partial charge in [-0.15, -0.1) is 0 Å². The smallest absolute Gasteiger partial charge is 0.161 e. The standard InChI is InChI=1S/C13H11F3N2/c1-7-2-3-12(11(17)4-7)18-13-6-9(15)8(14)5-10(13)16/h2-6,18H,17H2,1H3. The molecule has 2 rings (SSSR count). The summed E-state index contributed by atoms with van der Waals surface area (Å²) in [6, 6.07) is 6.36. The Bertz CT molecular complexity index is 597. The first-order valence-corrected chi connectivity index (χ1v) is 5.25. The highest BCUT2D eigenvalue weighted by atomic mass is 19.2. The lowest BCUT2D eigenvalue weighted by molar-refractivity contribution is 0.496. The minimum Gasteiger partial charge on any atom is -0.397 e. The molecule has 0 saturated carbocycles. The highest BCUT2D eigenvalue weighted by Gasteiger charge is 2.10. The number of halogens is 3. The van der Waals surface area contributed by atoms with Gasteiger partial charge >= 0.3 is 0 Å². The highest BCUT2D eigenvalue weighted by molar-refractivity contribution is 5.73. The normalized spacial score (nSPS) is 10.4. The lowest BCUT2D eigenvalue weighted by Crippen LogP contribution is -2.00. The van der Waals surface area contributed by atoms with Crippen molar-refractivity contribution in [3.63, 3.8) is 0 Å². The fraction of sp³-hybridized carbons (Fsp3) is 0.0769. The second-order valence-corrected chi connectivity index (χ2v) is 3.96. The van der Waals surface area contributed by atoms with Crippen molar-refractivity contribution in [1.29, 1.82) is 0 Å². The Hall–Kier alpha value is -2.17. The molecule has 0 bridgehead atoms. The van der Waals surface area contributed by atoms with Crippen LogP contribution in [-0.2, 0) is 0 Å². The average Bonchev–Trinajstić information content (AvgIpc) is 2.29. The van der Waals surface area contributed by atoms with Crippen LogP contribution in [0.3, 0.4) is 0 Å². The van der Waals surface area contributed by atoms with E-state index in [0.29, 0.717) is 17.4 Å². The molecule has 94 valence electrons. The molecule has 0 aliphatic heterocycles. The van der Waals surface area contributed by atoms with E-state index in [0.717, 1.165) is 11.6 Å². The van der Waals surface area contributed by atoms with E-state index in [4.69, 9.17) is 5.73 Å². The summed E-state index contributed by atoms with van der Waals surface area (Å²) >= 11 is 0. The van der Waals surface area contributed by atoms with Gasteiger partial charge in [0.1, 0.15) is 5.82 Å². The molecule has 3 N–H and O–H groups in total. The second-order valence-electron chi connectivity index (χ2n) is 3.96. The van der Waals surface area contributed by atoms with Crippen molar-refractivity contribution >= 4 is 17.1 Å². The van der Waals surface area contributed by atoms with Crippen molar-refractivity contribution in [3.8, 4) is 0 Å². The van der Waals surface area contributed by atoms with E-state index in [2.05, 4.69) is 5.32 Å². The Morgan fingerprint density at radius 3 is 2.22 bits per heavy atom. The molecule has 0 aromatic heterocycles. The molecule has 18 heavy (non-hydrogen) atoms. The Kier molecular flexibility index (Phi) is 3.14. The van der Waals surface area contributed by atoms with E-state index in [1.807, 2.05) is 6.92 Å². The van der Waals surface area contributed by atoms with Gasteiger partial charge in [-0.25, -0.2) is 13.2 Å². The largest absolute Gasteiger partial charge is 0.397 e. The summed E-state index contributed by atoms with van der Waals surface area (Å²) < 4.78 is 39.2. The van der Waals surface area contributed by atoms with Gasteiger partial charge in [0.15, 0.2) is 11.6 Å². The molecule has 0 unspecified atom stereocenters. The summed E-state index contributed by atoms with van der Waals surface area (Å²) in [5, 5.41) is 2.63. The van der Waals surface area contributed by atoms with E-state index in [1.54, 1.807) is 18.2 Å². The molecular formula is C13H11F3N2. The van der Waals surface area contributed by atoms with Gasteiger partial charge in [0.25, 0.3) is 0 Å². The van der Waals surface area contributed by atoms with Crippen LogP contribution in [0, 0.1) is 24.4 Å². The van der Waals surface area contributed by atoms with Gasteiger partial charge in [0, 0.05) is 12.1 Å². The van der Waals surface area contributed by atoms with Crippen molar-refractivity contribution in [3.05, 3.63) is 53.3 Å². The molecule has 2 nitrogen and oxygen atoms in total. The van der Waals surface area contributed by atoms with Gasteiger partial charge in [-0.3, -0.25) is 0 Å². The fourth-order valence-corrected chi connectivity index (χ4v) is 1.56. The van der Waals surface area contributed by atoms with Crippen LogP contribution < -0.4 is 11.1 Å². The predicted molar refractivity (Wildman–Crippen MR) is 65.2 cm³/mol. The zero-order valence-corrected chi connectivity index (χ0v) is 9.60. The Morgan fingerprint density at radius 2 is 1.56 bits per heavy atom. The molecule has 2 aromatic rings. The number of nitrogen functional groups attached to an aromatic ring is 1. The van der Waals surface area contributed by atoms with Crippen LogP contribution in [0.4, 0.5) is 30.2 Å². The predicted octanol–water partition coefficient (Wildman–Crippen LogP) is 3.74. The van der Waals surface area contributed by atoms with Crippen molar-refractivity contribution in [2.75, 3.05) is 11.1 Å². The molecule has 0 spiro atoms. The molecule has 5 heteroatoms. The molecule has 0 fully saturated rings. The first kappa shape index (κ1) is 12.3. The van der Waals surface area contributed by atoms with E-state index in [9.17, 15) is 13.2 Å². The zero-order valence-electron chi connectivity index (χ0n) is 9.60. The van der Waals surface area contributed by atoms with Crippen LogP contribution in [-0.4, -0.2) is 0 Å². The SMILES string of the molecule is Cc1ccc(Nc2cc(F)c(F)cc2F)c(N)c1. The van der Waals surface area contributed by atoms with Gasteiger partial charge in [0.2, 0.25) is 0 Å². The maximum Gasteiger partial charge on any atom is 0.161 e. The number of hydrogen-bond acceptors (Lipinski definition) is 2. The number of aryl methyl sites for hydroxylation is 1. The van der Waals surface area contributed by atoms with E-state index < -0.39 is 17.5 Å². The molecule has 0 amide bonds. The molecule has 0 heterocycles. The third-order valence-electron chi connectivity index (χ3n) is 2.49. The maximum atomic E-state index is 13.4. The van der Waals surface area contributed by atoms with E-state index in [1.165, 1.54) is 0 Å². The van der Waals surface area contributed by atoms with Gasteiger partial charge in [-0.2, -0.15) is 0 Å². The highest BCUT2D eigenvalue weighted by Crippen LogP contribution is 2.27. The average molecular weight is 252 g/mol. The summed E-state index contributed by atoms with van der Waals surface area (Å²) in [6.45, 7) is 1.86. The Labute approximate surface area is 102 Å². The summed E-state index contributed by atoms with van der Waals surface area (Å²) in [7, 11) is 0. The lowest BCUT2D eigenvalue weighted by atomic mass is 10.2. The number of hydrogen-bond donors (Lipinski definition) is 2. The van der Waals surface area contributed by atoms with Gasteiger partial charge < -0.3 is 11.1 Å². The number of benzene rings is 2. The van der Waals surface area contributed by atoms with Crippen molar-refractivity contribution in [2.24, 2.45) is 0 Å². The van der Waals surface area contributed by atoms with Crippen LogP contribution in [0.15, 0.2) is 30.3 Å². The minimum absolute atomic E-state index is 0.163. The molecule has 0 radical (unpaired) electrons. The molecule has 0 saturated heterocycles. The summed E-state index contributed by atoms with van der Waals surface area (Å²) in [4.78, 5) is 0. The summed E-state index contributed by atoms with van der Waals surface area (Å²) in [5.74, 6) is -3.23. The van der Waals surface area contributed by atoms with Gasteiger partial charge in [-0.1, -0.05) is 6.07 Å². The Morgan fingerprint density at radius 1 is 0.889 bits per heavy atom. The van der Waals surface area contributed by atoms with Crippen LogP contribution >= 0.6 is 0 Å². The quantitative estimate of drug-likeness (QED) is 0.631. The molecule has 0 atom stereocenters. The molecular weight excluding hydrogens is 241 g/mol. The minimum atomic E-state index is -1.23. The van der Waals surface area contributed by atoms with Crippen molar-refractivity contribution in [1.82, 2.24) is 0 Å². The molecule has 0 aliphatic rings. The third-order valence-corrected chi connectivity index (χ3v) is 2.49. The first-order chi connectivity index (χ1) is 8.47. The van der Waals surface area contributed by atoms with Crippen molar-refractivity contribution in [2.45, 2.75) is 6.92 Å². The number of rotatable bonds is 2. The van der Waals surface area contributed by atoms with Gasteiger partial charge in [-0.05, 0) is 24.6 Å². The topological polar surface area (TPSA) is 38.0 Å². The first-order valence-electron chi connectivity index (χ1n) is 5.25. The van der Waals surface area contributed by atoms with Crippen LogP contribution in [0.5, 0.6) is 0 Å². The number of anilines is 3. The van der Waals surface area contributed by atoms with Crippen LogP contribution in [0.1, 0.15) is 5.56 Å². The van der Waals surface area contributed by atoms with Gasteiger partial charge in [0.05, 0.1) is 17.1 Å². The summed E-state index contributed by atoms with van der Waals surface area (Å²) in [5.41, 5.74) is 7.36. The second kappa shape index (κ2) is 4.60. The Balaban J connectivity index is 2.37. The maximum absolute atomic E-state index is 13.4. The molecule has 0 aliphatic carbocycles. The summed E-state index contributed by atoms with van der Waals surface area (Å²) in [6.07, 6.45) is 0. The van der Waals surface area contributed by atoms with E-state index >= 15 is 0 Å². The number of nitrogens with one attached hydrogen (secondary N) is 1. The third kappa shape index (κ3) is 2.40. The monoisotopic (exact) mass is 252 g/mol. The lowest BCUT2D eigenvalue weighted by Gasteiger charge is -2.11. The number of nitrogens with two attached hydrogens (primary N) is 1. The van der Waals surface area contributed by atoms with Crippen LogP contribution in [0.2, 0.25) is 0 Å². The molecule has 2 aromatic carbocycles.